The molecule has 0 aromatic carbocycles. The van der Waals surface area contributed by atoms with Crippen LogP contribution in [-0.2, 0) is 4.74 Å². The molecule has 0 saturated heterocycles. The molecule has 0 unspecified atom stereocenters. The summed E-state index contributed by atoms with van der Waals surface area (Å²) in [5, 5.41) is 0.933. The quantitative estimate of drug-likeness (QED) is 0.584. The van der Waals surface area contributed by atoms with E-state index in [1.165, 1.54) is 29.8 Å². The fraction of sp³-hybridized carbons (Fsp3) is 0.111. The van der Waals surface area contributed by atoms with Crippen LogP contribution in [0.1, 0.15) is 19.3 Å². The first-order valence-corrected chi connectivity index (χ1v) is 5.45. The lowest BCUT2D eigenvalue weighted by Crippen LogP contribution is -1.96. The molecule has 5 heteroatoms. The lowest BCUT2D eigenvalue weighted by atomic mass is 10.3. The fourth-order valence-corrected chi connectivity index (χ4v) is 3.31. The average Bonchev–Trinajstić information content (AvgIpc) is 2.72. The van der Waals surface area contributed by atoms with Crippen molar-refractivity contribution in [2.24, 2.45) is 0 Å². The van der Waals surface area contributed by atoms with Crippen LogP contribution >= 0.6 is 22.7 Å². The van der Waals surface area contributed by atoms with E-state index in [1.807, 2.05) is 0 Å². The van der Waals surface area contributed by atoms with Crippen LogP contribution in [0.4, 0.5) is 0 Å². The van der Waals surface area contributed by atoms with Crippen LogP contribution in [-0.4, -0.2) is 19.4 Å². The molecule has 0 N–H and O–H groups in total. The van der Waals surface area contributed by atoms with Crippen molar-refractivity contribution in [3.05, 3.63) is 21.9 Å². The third-order valence-electron chi connectivity index (χ3n) is 1.74. The molecule has 0 saturated carbocycles. The molecule has 0 radical (unpaired) electrons. The normalized spacial score (nSPS) is 10.4. The lowest BCUT2D eigenvalue weighted by molar-refractivity contribution is 0.0606. The number of methoxy groups -OCH3 is 1. The van der Waals surface area contributed by atoms with Gasteiger partial charge in [0.1, 0.15) is 4.88 Å². The highest BCUT2D eigenvalue weighted by Gasteiger charge is 2.12. The van der Waals surface area contributed by atoms with Gasteiger partial charge in [0.05, 0.1) is 16.0 Å². The van der Waals surface area contributed by atoms with Crippen LogP contribution < -0.4 is 0 Å². The molecule has 2 aromatic rings. The van der Waals surface area contributed by atoms with Gasteiger partial charge in [-0.15, -0.1) is 22.7 Å². The molecule has 0 spiro atoms. The van der Waals surface area contributed by atoms with Crippen LogP contribution in [0, 0.1) is 0 Å². The molecule has 0 fully saturated rings. The van der Waals surface area contributed by atoms with Crippen molar-refractivity contribution in [1.82, 2.24) is 0 Å². The second-order valence-electron chi connectivity index (χ2n) is 2.61. The van der Waals surface area contributed by atoms with E-state index in [2.05, 4.69) is 4.74 Å². The maximum atomic E-state index is 11.2. The Kier molecular flexibility index (Phi) is 2.35. The number of carbonyl (C=O) groups is 2. The number of ether oxygens (including phenoxy) is 1. The van der Waals surface area contributed by atoms with Gasteiger partial charge in [-0.3, -0.25) is 4.79 Å². The van der Waals surface area contributed by atoms with Gasteiger partial charge >= 0.3 is 5.97 Å². The van der Waals surface area contributed by atoms with Crippen molar-refractivity contribution in [3.8, 4) is 0 Å². The Morgan fingerprint density at radius 2 is 2.21 bits per heavy atom. The number of esters is 1. The average molecular weight is 226 g/mol. The third-order valence-corrected chi connectivity index (χ3v) is 4.03. The first-order valence-electron chi connectivity index (χ1n) is 3.81. The predicted molar refractivity (Wildman–Crippen MR) is 56.4 cm³/mol. The van der Waals surface area contributed by atoms with Crippen molar-refractivity contribution in [3.63, 3.8) is 0 Å². The van der Waals surface area contributed by atoms with Crippen LogP contribution in [0.5, 0.6) is 0 Å². The third kappa shape index (κ3) is 1.44. The van der Waals surface area contributed by atoms with Crippen LogP contribution in [0.3, 0.4) is 0 Å². The number of hydrogen-bond donors (Lipinski definition) is 0. The van der Waals surface area contributed by atoms with Gasteiger partial charge in [-0.05, 0) is 12.1 Å². The minimum absolute atomic E-state index is 0.328. The molecule has 72 valence electrons. The summed E-state index contributed by atoms with van der Waals surface area (Å²) in [4.78, 5) is 22.9. The first kappa shape index (κ1) is 9.36. The zero-order valence-electron chi connectivity index (χ0n) is 7.27. The predicted octanol–water partition coefficient (Wildman–Crippen LogP) is 2.56. The summed E-state index contributed by atoms with van der Waals surface area (Å²) in [6.45, 7) is 0. The van der Waals surface area contributed by atoms with Crippen molar-refractivity contribution < 1.29 is 14.3 Å². The van der Waals surface area contributed by atoms with E-state index in [9.17, 15) is 9.59 Å². The smallest absolute Gasteiger partial charge is 0.348 e. The first-order chi connectivity index (χ1) is 6.74. The Hall–Kier alpha value is -1.20. The molecule has 3 nitrogen and oxygen atoms in total. The maximum Gasteiger partial charge on any atom is 0.348 e. The van der Waals surface area contributed by atoms with E-state index < -0.39 is 0 Å². The van der Waals surface area contributed by atoms with E-state index in [4.69, 9.17) is 0 Å². The summed E-state index contributed by atoms with van der Waals surface area (Å²) >= 11 is 2.74. The van der Waals surface area contributed by atoms with Crippen molar-refractivity contribution >= 4 is 44.3 Å². The SMILES string of the molecule is COC(=O)c1cc2cc(C=O)sc2s1. The number of carbonyl (C=O) groups excluding carboxylic acids is 2. The topological polar surface area (TPSA) is 43.4 Å². The molecule has 14 heavy (non-hydrogen) atoms. The van der Waals surface area contributed by atoms with Crippen LogP contribution in [0.25, 0.3) is 9.40 Å². The lowest BCUT2D eigenvalue weighted by Gasteiger charge is -1.90. The minimum atomic E-state index is -0.328. The Labute approximate surface area is 87.9 Å². The van der Waals surface area contributed by atoms with E-state index in [0.29, 0.717) is 9.75 Å². The molecular weight excluding hydrogens is 220 g/mol. The molecule has 2 heterocycles. The fourth-order valence-electron chi connectivity index (χ4n) is 1.12. The molecule has 0 amide bonds. The minimum Gasteiger partial charge on any atom is -0.465 e. The second-order valence-corrected chi connectivity index (χ2v) is 5.01. The Balaban J connectivity index is 2.49. The summed E-state index contributed by atoms with van der Waals surface area (Å²) in [6.07, 6.45) is 0.815. The number of rotatable bonds is 2. The highest BCUT2D eigenvalue weighted by atomic mass is 32.2. The molecule has 0 aliphatic rings. The van der Waals surface area contributed by atoms with Gasteiger partial charge in [-0.2, -0.15) is 0 Å². The van der Waals surface area contributed by atoms with Crippen molar-refractivity contribution in [1.29, 1.82) is 0 Å². The monoisotopic (exact) mass is 226 g/mol. The highest BCUT2D eigenvalue weighted by Crippen LogP contribution is 2.32. The number of fused-ring (bicyclic) bond motifs is 1. The van der Waals surface area contributed by atoms with Gasteiger partial charge in [0.2, 0.25) is 0 Å². The van der Waals surface area contributed by atoms with E-state index in [0.717, 1.165) is 15.7 Å². The van der Waals surface area contributed by atoms with Crippen LogP contribution in [0.2, 0.25) is 0 Å². The van der Waals surface area contributed by atoms with Crippen molar-refractivity contribution in [2.45, 2.75) is 0 Å². The second kappa shape index (κ2) is 3.51. The summed E-state index contributed by atoms with van der Waals surface area (Å²) in [5.74, 6) is -0.328. The molecule has 0 aliphatic carbocycles. The van der Waals surface area contributed by atoms with E-state index in [1.54, 1.807) is 12.1 Å². The van der Waals surface area contributed by atoms with E-state index >= 15 is 0 Å². The van der Waals surface area contributed by atoms with E-state index in [-0.39, 0.29) is 5.97 Å². The summed E-state index contributed by atoms with van der Waals surface area (Å²) in [5.41, 5.74) is 0. The molecule has 0 bridgehead atoms. The highest BCUT2D eigenvalue weighted by molar-refractivity contribution is 7.39. The molecule has 0 aliphatic heterocycles. The Bertz CT molecular complexity index is 464. The molecular formula is C9H6O3S2. The largest absolute Gasteiger partial charge is 0.465 e. The standard InChI is InChI=1S/C9H6O3S2/c1-12-8(11)7-3-5-2-6(4-10)13-9(5)14-7/h2-4H,1H3. The van der Waals surface area contributed by atoms with Gasteiger partial charge in [0.15, 0.2) is 6.29 Å². The zero-order chi connectivity index (χ0) is 10.1. The maximum absolute atomic E-state index is 11.2. The number of hydrogen-bond acceptors (Lipinski definition) is 5. The van der Waals surface area contributed by atoms with Crippen LogP contribution in [0.15, 0.2) is 12.1 Å². The number of aldehydes is 1. The van der Waals surface area contributed by atoms with Gasteiger partial charge in [-0.1, -0.05) is 0 Å². The Morgan fingerprint density at radius 1 is 1.43 bits per heavy atom. The number of thiophene rings is 2. The molecule has 2 aromatic heterocycles. The van der Waals surface area contributed by atoms with Gasteiger partial charge in [-0.25, -0.2) is 4.79 Å². The van der Waals surface area contributed by atoms with Crippen molar-refractivity contribution in [2.75, 3.05) is 7.11 Å². The zero-order valence-corrected chi connectivity index (χ0v) is 8.91. The summed E-state index contributed by atoms with van der Waals surface area (Å²) < 4.78 is 5.58. The van der Waals surface area contributed by atoms with Gasteiger partial charge in [0, 0.05) is 5.39 Å². The Morgan fingerprint density at radius 3 is 2.79 bits per heavy atom. The van der Waals surface area contributed by atoms with Gasteiger partial charge in [0.25, 0.3) is 0 Å². The molecule has 0 atom stereocenters. The summed E-state index contributed by atoms with van der Waals surface area (Å²) in [7, 11) is 1.35. The molecule has 2 rings (SSSR count). The summed E-state index contributed by atoms with van der Waals surface area (Å²) in [6, 6.07) is 3.52. The van der Waals surface area contributed by atoms with Gasteiger partial charge < -0.3 is 4.74 Å².